The molecule has 0 bridgehead atoms. The smallest absolute Gasteiger partial charge is 0.254 e. The van der Waals surface area contributed by atoms with Crippen LogP contribution in [0.1, 0.15) is 81.1 Å². The van der Waals surface area contributed by atoms with Crippen molar-refractivity contribution in [3.63, 3.8) is 0 Å². The van der Waals surface area contributed by atoms with Gasteiger partial charge < -0.3 is 15.5 Å². The Labute approximate surface area is 195 Å². The number of nitrogens with zero attached hydrogens (tertiary/aromatic N) is 1. The lowest BCUT2D eigenvalue weighted by Crippen LogP contribution is -2.64. The van der Waals surface area contributed by atoms with Crippen LogP contribution in [0.2, 0.25) is 0 Å². The SMILES string of the molecule is CC[C@H](C)N1C(=O)c2ccccc2[C@@H](C(=O)Nc2cccc(NC(C)=O)c2)C12CCCCC2. The number of carbonyl (C=O) groups excluding carboxylic acids is 3. The van der Waals surface area contributed by atoms with E-state index >= 15 is 0 Å². The second kappa shape index (κ2) is 9.38. The minimum atomic E-state index is -0.529. The molecule has 1 aliphatic carbocycles. The van der Waals surface area contributed by atoms with E-state index in [1.807, 2.05) is 35.2 Å². The van der Waals surface area contributed by atoms with Gasteiger partial charge in [0.2, 0.25) is 11.8 Å². The first kappa shape index (κ1) is 23.0. The Morgan fingerprint density at radius 3 is 2.36 bits per heavy atom. The first-order valence-electron chi connectivity index (χ1n) is 12.0. The van der Waals surface area contributed by atoms with Crippen molar-refractivity contribution in [2.45, 2.75) is 76.8 Å². The van der Waals surface area contributed by atoms with E-state index < -0.39 is 11.5 Å². The molecule has 2 aromatic carbocycles. The van der Waals surface area contributed by atoms with Gasteiger partial charge in [0.1, 0.15) is 0 Å². The molecule has 0 unspecified atom stereocenters. The number of benzene rings is 2. The maximum Gasteiger partial charge on any atom is 0.254 e. The highest BCUT2D eigenvalue weighted by molar-refractivity contribution is 6.05. The summed E-state index contributed by atoms with van der Waals surface area (Å²) in [6.07, 6.45) is 5.61. The topological polar surface area (TPSA) is 78.5 Å². The van der Waals surface area contributed by atoms with Gasteiger partial charge in [-0.15, -0.1) is 0 Å². The largest absolute Gasteiger partial charge is 0.329 e. The van der Waals surface area contributed by atoms with Gasteiger partial charge >= 0.3 is 0 Å². The molecule has 2 aromatic rings. The van der Waals surface area contributed by atoms with Crippen LogP contribution in [0.5, 0.6) is 0 Å². The Kier molecular flexibility index (Phi) is 6.54. The van der Waals surface area contributed by atoms with Crippen LogP contribution >= 0.6 is 0 Å². The van der Waals surface area contributed by atoms with Crippen molar-refractivity contribution < 1.29 is 14.4 Å². The first-order chi connectivity index (χ1) is 15.9. The highest BCUT2D eigenvalue weighted by Crippen LogP contribution is 2.50. The number of rotatable bonds is 5. The Morgan fingerprint density at radius 2 is 1.70 bits per heavy atom. The van der Waals surface area contributed by atoms with E-state index in [-0.39, 0.29) is 23.8 Å². The van der Waals surface area contributed by atoms with Gasteiger partial charge in [0.25, 0.3) is 5.91 Å². The number of anilines is 2. The van der Waals surface area contributed by atoms with E-state index in [1.54, 1.807) is 18.2 Å². The van der Waals surface area contributed by atoms with Crippen molar-refractivity contribution in [3.05, 3.63) is 59.7 Å². The average molecular weight is 448 g/mol. The van der Waals surface area contributed by atoms with Gasteiger partial charge in [-0.2, -0.15) is 0 Å². The zero-order valence-electron chi connectivity index (χ0n) is 19.7. The quantitative estimate of drug-likeness (QED) is 0.651. The average Bonchev–Trinajstić information content (AvgIpc) is 2.79. The summed E-state index contributed by atoms with van der Waals surface area (Å²) in [6, 6.07) is 14.8. The Morgan fingerprint density at radius 1 is 1.03 bits per heavy atom. The highest BCUT2D eigenvalue weighted by Gasteiger charge is 2.55. The van der Waals surface area contributed by atoms with Crippen molar-refractivity contribution in [3.8, 4) is 0 Å². The standard InChI is InChI=1S/C27H33N3O3/c1-4-18(2)30-26(33)23-14-7-6-13-22(23)24(27(30)15-8-5-9-16-27)25(32)29-21-12-10-11-20(17-21)28-19(3)31/h6-7,10-14,17-18,24H,4-5,8-9,15-16H2,1-3H3,(H,28,31)(H,29,32)/t18-,24-/m0/s1. The number of carbonyl (C=O) groups is 3. The Bertz CT molecular complexity index is 1060. The third-order valence-electron chi connectivity index (χ3n) is 7.20. The molecule has 1 spiro atoms. The third-order valence-corrected chi connectivity index (χ3v) is 7.20. The van der Waals surface area contributed by atoms with Crippen LogP contribution in [0, 0.1) is 0 Å². The summed E-state index contributed by atoms with van der Waals surface area (Å²) in [4.78, 5) is 41.2. The van der Waals surface area contributed by atoms with Crippen LogP contribution in [0.3, 0.4) is 0 Å². The lowest BCUT2D eigenvalue weighted by molar-refractivity contribution is -0.123. The molecule has 2 N–H and O–H groups in total. The molecule has 1 heterocycles. The van der Waals surface area contributed by atoms with E-state index in [2.05, 4.69) is 24.5 Å². The number of nitrogens with one attached hydrogen (secondary N) is 2. The van der Waals surface area contributed by atoms with Crippen LogP contribution in [0.4, 0.5) is 11.4 Å². The predicted octanol–water partition coefficient (Wildman–Crippen LogP) is 5.32. The fourth-order valence-corrected chi connectivity index (χ4v) is 5.70. The van der Waals surface area contributed by atoms with E-state index in [9.17, 15) is 14.4 Å². The van der Waals surface area contributed by atoms with Crippen molar-refractivity contribution in [2.24, 2.45) is 0 Å². The van der Waals surface area contributed by atoms with Crippen LogP contribution in [-0.4, -0.2) is 34.2 Å². The molecule has 0 radical (unpaired) electrons. The Balaban J connectivity index is 1.78. The Hall–Kier alpha value is -3.15. The summed E-state index contributed by atoms with van der Waals surface area (Å²) < 4.78 is 0. The predicted molar refractivity (Wildman–Crippen MR) is 130 cm³/mol. The molecular formula is C27H33N3O3. The highest BCUT2D eigenvalue weighted by atomic mass is 16.2. The lowest BCUT2D eigenvalue weighted by atomic mass is 9.64. The van der Waals surface area contributed by atoms with Crippen molar-refractivity contribution in [2.75, 3.05) is 10.6 Å². The summed E-state index contributed by atoms with van der Waals surface area (Å²) in [5.74, 6) is -0.683. The van der Waals surface area contributed by atoms with Crippen LogP contribution < -0.4 is 10.6 Å². The van der Waals surface area contributed by atoms with Gasteiger partial charge in [0.15, 0.2) is 0 Å². The van der Waals surface area contributed by atoms with Gasteiger partial charge in [-0.1, -0.05) is 50.5 Å². The first-order valence-corrected chi connectivity index (χ1v) is 12.0. The van der Waals surface area contributed by atoms with Crippen molar-refractivity contribution in [1.82, 2.24) is 4.90 Å². The molecule has 6 heteroatoms. The van der Waals surface area contributed by atoms with E-state index in [1.165, 1.54) is 6.92 Å². The van der Waals surface area contributed by atoms with E-state index in [0.717, 1.165) is 44.1 Å². The molecule has 1 saturated carbocycles. The molecule has 3 amide bonds. The molecule has 33 heavy (non-hydrogen) atoms. The minimum absolute atomic E-state index is 0.0403. The van der Waals surface area contributed by atoms with Crippen LogP contribution in [0.25, 0.3) is 0 Å². The van der Waals surface area contributed by atoms with Gasteiger partial charge in [-0.25, -0.2) is 0 Å². The zero-order chi connectivity index (χ0) is 23.6. The maximum atomic E-state index is 14.0. The number of amides is 3. The minimum Gasteiger partial charge on any atom is -0.329 e. The summed E-state index contributed by atoms with van der Waals surface area (Å²) in [7, 11) is 0. The van der Waals surface area contributed by atoms with Crippen LogP contribution in [-0.2, 0) is 9.59 Å². The van der Waals surface area contributed by atoms with Gasteiger partial charge in [0.05, 0.1) is 11.5 Å². The third kappa shape index (κ3) is 4.26. The number of fused-ring (bicyclic) bond motifs is 1. The maximum absolute atomic E-state index is 14.0. The van der Waals surface area contributed by atoms with Crippen molar-refractivity contribution in [1.29, 1.82) is 0 Å². The fraction of sp³-hybridized carbons (Fsp3) is 0.444. The van der Waals surface area contributed by atoms with Gasteiger partial charge in [0, 0.05) is 29.9 Å². The lowest BCUT2D eigenvalue weighted by Gasteiger charge is -2.55. The molecule has 174 valence electrons. The number of hydrogen-bond acceptors (Lipinski definition) is 3. The van der Waals surface area contributed by atoms with E-state index in [4.69, 9.17) is 0 Å². The van der Waals surface area contributed by atoms with E-state index in [0.29, 0.717) is 16.9 Å². The van der Waals surface area contributed by atoms with Gasteiger partial charge in [-0.05, 0) is 56.0 Å². The van der Waals surface area contributed by atoms with Crippen LogP contribution in [0.15, 0.2) is 48.5 Å². The zero-order valence-corrected chi connectivity index (χ0v) is 19.7. The molecule has 6 nitrogen and oxygen atoms in total. The second-order valence-electron chi connectivity index (χ2n) is 9.37. The summed E-state index contributed by atoms with van der Waals surface area (Å²) in [6.45, 7) is 5.64. The normalized spacial score (nSPS) is 20.2. The monoisotopic (exact) mass is 447 g/mol. The molecule has 1 fully saturated rings. The summed E-state index contributed by atoms with van der Waals surface area (Å²) in [5.41, 5.74) is 2.17. The molecule has 0 saturated heterocycles. The number of hydrogen-bond donors (Lipinski definition) is 2. The summed E-state index contributed by atoms with van der Waals surface area (Å²) in [5, 5.41) is 5.86. The molecule has 1 aliphatic heterocycles. The molecule has 2 atom stereocenters. The summed E-state index contributed by atoms with van der Waals surface area (Å²) >= 11 is 0. The molecule has 0 aromatic heterocycles. The molecular weight excluding hydrogens is 414 g/mol. The second-order valence-corrected chi connectivity index (χ2v) is 9.37. The molecule has 4 rings (SSSR count). The van der Waals surface area contributed by atoms with Gasteiger partial charge in [-0.3, -0.25) is 14.4 Å². The fourth-order valence-electron chi connectivity index (χ4n) is 5.70. The van der Waals surface area contributed by atoms with Crippen molar-refractivity contribution >= 4 is 29.1 Å². The molecule has 2 aliphatic rings.